The van der Waals surface area contributed by atoms with Gasteiger partial charge in [-0.2, -0.15) is 11.8 Å². The molecule has 2 aliphatic heterocycles. The van der Waals surface area contributed by atoms with Crippen molar-refractivity contribution >= 4 is 27.7 Å². The topological polar surface area (TPSA) is 9.23 Å². The maximum Gasteiger partial charge on any atom is 0.0534 e. The van der Waals surface area contributed by atoms with Gasteiger partial charge in [-0.05, 0) is 30.3 Å². The third-order valence-electron chi connectivity index (χ3n) is 3.20. The summed E-state index contributed by atoms with van der Waals surface area (Å²) < 4.78 is 5.52. The average molecular weight is 251 g/mol. The van der Waals surface area contributed by atoms with E-state index in [-0.39, 0.29) is 0 Å². The fourth-order valence-corrected chi connectivity index (χ4v) is 4.50. The maximum absolute atomic E-state index is 5.52. The van der Waals surface area contributed by atoms with Crippen molar-refractivity contribution in [3.05, 3.63) is 0 Å². The summed E-state index contributed by atoms with van der Waals surface area (Å²) in [7, 11) is 0. The summed E-state index contributed by atoms with van der Waals surface area (Å²) in [5.41, 5.74) is 0.490. The Hall–Kier alpha value is 0.790. The largest absolute Gasteiger partial charge is 0.381 e. The molecule has 0 bridgehead atoms. The molecule has 12 heavy (non-hydrogen) atoms. The van der Waals surface area contributed by atoms with Crippen molar-refractivity contribution in [2.24, 2.45) is 11.3 Å². The summed E-state index contributed by atoms with van der Waals surface area (Å²) in [4.78, 5) is 0. The van der Waals surface area contributed by atoms with Gasteiger partial charge in [0, 0.05) is 17.4 Å². The van der Waals surface area contributed by atoms with Gasteiger partial charge in [0.1, 0.15) is 0 Å². The highest BCUT2D eigenvalue weighted by Gasteiger charge is 2.42. The van der Waals surface area contributed by atoms with Gasteiger partial charge in [-0.15, -0.1) is 0 Å². The lowest BCUT2D eigenvalue weighted by atomic mass is 9.76. The van der Waals surface area contributed by atoms with Gasteiger partial charge in [0.25, 0.3) is 0 Å². The zero-order valence-corrected chi connectivity index (χ0v) is 9.62. The molecule has 3 heteroatoms. The number of thioether (sulfide) groups is 1. The Morgan fingerprint density at radius 1 is 1.58 bits per heavy atom. The second-order valence-corrected chi connectivity index (χ2v) is 5.57. The van der Waals surface area contributed by atoms with Crippen LogP contribution in [0.15, 0.2) is 0 Å². The molecule has 2 aliphatic rings. The summed E-state index contributed by atoms with van der Waals surface area (Å²) in [6.45, 7) is 1.97. The van der Waals surface area contributed by atoms with E-state index in [4.69, 9.17) is 4.74 Å². The van der Waals surface area contributed by atoms with Gasteiger partial charge in [0.05, 0.1) is 6.61 Å². The van der Waals surface area contributed by atoms with Crippen LogP contribution in [0.4, 0.5) is 0 Å². The Balaban J connectivity index is 2.04. The number of hydrogen-bond donors (Lipinski definition) is 0. The third kappa shape index (κ3) is 1.55. The van der Waals surface area contributed by atoms with Crippen LogP contribution in [0.5, 0.6) is 0 Å². The van der Waals surface area contributed by atoms with Crippen LogP contribution >= 0.6 is 27.7 Å². The minimum absolute atomic E-state index is 0.490. The summed E-state index contributed by atoms with van der Waals surface area (Å²) in [5.74, 6) is 3.62. The second kappa shape index (κ2) is 3.89. The van der Waals surface area contributed by atoms with Crippen molar-refractivity contribution in [3.63, 3.8) is 0 Å². The molecule has 2 fully saturated rings. The van der Waals surface area contributed by atoms with Gasteiger partial charge in [-0.1, -0.05) is 15.9 Å². The molecule has 2 rings (SSSR count). The summed E-state index contributed by atoms with van der Waals surface area (Å²) in [6, 6.07) is 0. The number of hydrogen-bond acceptors (Lipinski definition) is 2. The Bertz CT molecular complexity index is 151. The normalized spacial score (nSPS) is 42.2. The van der Waals surface area contributed by atoms with Crippen LogP contribution in [0.1, 0.15) is 12.8 Å². The van der Waals surface area contributed by atoms with Crippen LogP contribution in [0.25, 0.3) is 0 Å². The minimum atomic E-state index is 0.490. The molecule has 0 N–H and O–H groups in total. The predicted molar refractivity (Wildman–Crippen MR) is 57.1 cm³/mol. The van der Waals surface area contributed by atoms with E-state index in [0.717, 1.165) is 24.5 Å². The highest BCUT2D eigenvalue weighted by Crippen LogP contribution is 2.44. The van der Waals surface area contributed by atoms with Gasteiger partial charge >= 0.3 is 0 Å². The fourth-order valence-electron chi connectivity index (χ4n) is 2.18. The van der Waals surface area contributed by atoms with Crippen molar-refractivity contribution in [2.75, 3.05) is 30.0 Å². The van der Waals surface area contributed by atoms with Crippen LogP contribution in [0.2, 0.25) is 0 Å². The number of halogens is 1. The predicted octanol–water partition coefficient (Wildman–Crippen LogP) is 2.54. The van der Waals surface area contributed by atoms with Crippen LogP contribution in [0, 0.1) is 11.3 Å². The van der Waals surface area contributed by atoms with Gasteiger partial charge in [0.2, 0.25) is 0 Å². The summed E-state index contributed by atoms with van der Waals surface area (Å²) >= 11 is 5.76. The van der Waals surface area contributed by atoms with Crippen molar-refractivity contribution in [1.29, 1.82) is 0 Å². The van der Waals surface area contributed by atoms with Crippen LogP contribution in [-0.4, -0.2) is 30.0 Å². The molecule has 0 aromatic carbocycles. The van der Waals surface area contributed by atoms with Crippen molar-refractivity contribution < 1.29 is 4.74 Å². The van der Waals surface area contributed by atoms with E-state index in [9.17, 15) is 0 Å². The standard InChI is InChI=1S/C9H15BrOS/c10-6-9(2-3-11-7-9)8-1-4-12-5-8/h8H,1-7H2. The maximum atomic E-state index is 5.52. The zero-order valence-electron chi connectivity index (χ0n) is 7.22. The molecule has 2 heterocycles. The first kappa shape index (κ1) is 9.35. The van der Waals surface area contributed by atoms with E-state index in [1.807, 2.05) is 0 Å². The van der Waals surface area contributed by atoms with Crippen molar-refractivity contribution in [1.82, 2.24) is 0 Å². The van der Waals surface area contributed by atoms with Gasteiger partial charge in [-0.25, -0.2) is 0 Å². The SMILES string of the molecule is BrCC1(C2CCSC2)CCOC1. The second-order valence-electron chi connectivity index (χ2n) is 3.86. The number of alkyl halides is 1. The third-order valence-corrected chi connectivity index (χ3v) is 5.47. The molecule has 0 aliphatic carbocycles. The number of rotatable bonds is 2. The molecule has 0 aromatic heterocycles. The molecule has 2 unspecified atom stereocenters. The molecule has 2 saturated heterocycles. The molecule has 70 valence electrons. The van der Waals surface area contributed by atoms with E-state index in [1.54, 1.807) is 0 Å². The Kier molecular flexibility index (Phi) is 3.03. The van der Waals surface area contributed by atoms with Gasteiger partial charge in [0.15, 0.2) is 0 Å². The Morgan fingerprint density at radius 3 is 3.00 bits per heavy atom. The first-order valence-corrected chi connectivity index (χ1v) is 6.86. The summed E-state index contributed by atoms with van der Waals surface area (Å²) in [5, 5.41) is 1.13. The van der Waals surface area contributed by atoms with E-state index >= 15 is 0 Å². The highest BCUT2D eigenvalue weighted by atomic mass is 79.9. The number of ether oxygens (including phenoxy) is 1. The molecule has 1 nitrogen and oxygen atoms in total. The lowest BCUT2D eigenvalue weighted by molar-refractivity contribution is 0.133. The van der Waals surface area contributed by atoms with Gasteiger partial charge < -0.3 is 4.74 Å². The quantitative estimate of drug-likeness (QED) is 0.697. The molecule has 0 amide bonds. The van der Waals surface area contributed by atoms with E-state index < -0.39 is 0 Å². The molecular weight excluding hydrogens is 236 g/mol. The van der Waals surface area contributed by atoms with Crippen molar-refractivity contribution in [2.45, 2.75) is 12.8 Å². The monoisotopic (exact) mass is 250 g/mol. The van der Waals surface area contributed by atoms with E-state index in [1.165, 1.54) is 24.3 Å². The summed E-state index contributed by atoms with van der Waals surface area (Å²) in [6.07, 6.45) is 2.67. The average Bonchev–Trinajstić information content (AvgIpc) is 2.76. The molecule has 0 radical (unpaired) electrons. The lowest BCUT2D eigenvalue weighted by Gasteiger charge is -2.31. The van der Waals surface area contributed by atoms with Crippen molar-refractivity contribution in [3.8, 4) is 0 Å². The Morgan fingerprint density at radius 2 is 2.50 bits per heavy atom. The smallest absolute Gasteiger partial charge is 0.0534 e. The molecular formula is C9H15BrOS. The minimum Gasteiger partial charge on any atom is -0.381 e. The first-order chi connectivity index (χ1) is 5.87. The van der Waals surface area contributed by atoms with Crippen LogP contribution < -0.4 is 0 Å². The first-order valence-electron chi connectivity index (χ1n) is 4.59. The highest BCUT2D eigenvalue weighted by molar-refractivity contribution is 9.09. The van der Waals surface area contributed by atoms with E-state index in [0.29, 0.717) is 5.41 Å². The fraction of sp³-hybridized carbons (Fsp3) is 1.00. The van der Waals surface area contributed by atoms with E-state index in [2.05, 4.69) is 27.7 Å². The van der Waals surface area contributed by atoms with Crippen LogP contribution in [0.3, 0.4) is 0 Å². The zero-order chi connectivity index (χ0) is 8.44. The van der Waals surface area contributed by atoms with Crippen LogP contribution in [-0.2, 0) is 4.74 Å². The Labute approximate surface area is 86.8 Å². The molecule has 0 saturated carbocycles. The molecule has 0 spiro atoms. The molecule has 2 atom stereocenters. The molecule has 0 aromatic rings. The lowest BCUT2D eigenvalue weighted by Crippen LogP contribution is -2.32. The van der Waals surface area contributed by atoms with Gasteiger partial charge in [-0.3, -0.25) is 0 Å².